The third-order valence-electron chi connectivity index (χ3n) is 4.27. The lowest BCUT2D eigenvalue weighted by atomic mass is 10.1. The second kappa shape index (κ2) is 8.31. The van der Waals surface area contributed by atoms with Gasteiger partial charge in [-0.1, -0.05) is 16.8 Å². The normalized spacial score (nSPS) is 15.1. The molecule has 1 aliphatic heterocycles. The van der Waals surface area contributed by atoms with Crippen molar-refractivity contribution in [2.75, 3.05) is 33.3 Å². The molecule has 1 amide bonds. The number of amides is 1. The highest BCUT2D eigenvalue weighted by molar-refractivity contribution is 6.30. The molecule has 2 aromatic rings. The van der Waals surface area contributed by atoms with Crippen molar-refractivity contribution in [1.29, 1.82) is 0 Å². The summed E-state index contributed by atoms with van der Waals surface area (Å²) in [6.45, 7) is 2.79. The van der Waals surface area contributed by atoms with E-state index in [1.807, 2.05) is 4.68 Å². The van der Waals surface area contributed by atoms with Crippen LogP contribution in [0.5, 0.6) is 5.75 Å². The first-order valence-corrected chi connectivity index (χ1v) is 8.77. The summed E-state index contributed by atoms with van der Waals surface area (Å²) in [4.78, 5) is 14.0. The third-order valence-corrected chi connectivity index (χ3v) is 4.52. The quantitative estimate of drug-likeness (QED) is 0.850. The van der Waals surface area contributed by atoms with Crippen molar-refractivity contribution in [3.8, 4) is 5.75 Å². The zero-order chi connectivity index (χ0) is 17.6. The summed E-state index contributed by atoms with van der Waals surface area (Å²) in [6, 6.07) is 7.45. The number of ether oxygens (including phenoxy) is 1. The van der Waals surface area contributed by atoms with Crippen LogP contribution in [0, 0.1) is 0 Å². The van der Waals surface area contributed by atoms with Gasteiger partial charge < -0.3 is 15.0 Å². The average molecular weight is 364 g/mol. The van der Waals surface area contributed by atoms with Crippen LogP contribution in [0.25, 0.3) is 0 Å². The van der Waals surface area contributed by atoms with E-state index in [1.165, 1.54) is 0 Å². The van der Waals surface area contributed by atoms with Crippen molar-refractivity contribution in [2.45, 2.75) is 18.9 Å². The first kappa shape index (κ1) is 17.7. The Morgan fingerprint density at radius 1 is 1.36 bits per heavy atom. The van der Waals surface area contributed by atoms with Crippen molar-refractivity contribution in [2.24, 2.45) is 0 Å². The minimum Gasteiger partial charge on any atom is -0.492 e. The Bertz CT molecular complexity index is 697. The third kappa shape index (κ3) is 4.70. The Hall–Kier alpha value is -2.12. The summed E-state index contributed by atoms with van der Waals surface area (Å²) in [7, 11) is 1.73. The summed E-state index contributed by atoms with van der Waals surface area (Å²) in [5, 5.41) is 12.1. The van der Waals surface area contributed by atoms with Gasteiger partial charge >= 0.3 is 0 Å². The highest BCUT2D eigenvalue weighted by Crippen LogP contribution is 2.18. The number of hydrogen-bond donors (Lipinski definition) is 1. The van der Waals surface area contributed by atoms with Gasteiger partial charge in [0, 0.05) is 12.1 Å². The minimum absolute atomic E-state index is 0.153. The van der Waals surface area contributed by atoms with E-state index in [4.69, 9.17) is 16.3 Å². The molecule has 0 aliphatic carbocycles. The molecule has 1 aliphatic rings. The molecule has 1 aromatic carbocycles. The first-order valence-electron chi connectivity index (χ1n) is 8.40. The number of nitrogens with zero attached hydrogens (tertiary/aromatic N) is 4. The predicted octanol–water partition coefficient (Wildman–Crippen LogP) is 2.01. The van der Waals surface area contributed by atoms with E-state index in [1.54, 1.807) is 42.4 Å². The SMILES string of the molecule is CN(CCOc1ccc(Cl)cc1)C(=O)c1cn(C2CCNCC2)nn1. The molecule has 8 heteroatoms. The Morgan fingerprint density at radius 3 is 2.80 bits per heavy atom. The van der Waals surface area contributed by atoms with Crippen LogP contribution in [0.3, 0.4) is 0 Å². The van der Waals surface area contributed by atoms with Crippen LogP contribution in [0.4, 0.5) is 0 Å². The lowest BCUT2D eigenvalue weighted by Gasteiger charge is -2.22. The standard InChI is InChI=1S/C17H22ClN5O2/c1-22(10-11-25-15-4-2-13(18)3-5-15)17(24)16-12-23(21-20-16)14-6-8-19-9-7-14/h2-5,12,14,19H,6-11H2,1H3. The molecule has 0 bridgehead atoms. The Morgan fingerprint density at radius 2 is 2.08 bits per heavy atom. The largest absolute Gasteiger partial charge is 0.492 e. The maximum absolute atomic E-state index is 12.5. The van der Waals surface area contributed by atoms with Gasteiger partial charge in [0.15, 0.2) is 5.69 Å². The van der Waals surface area contributed by atoms with Gasteiger partial charge in [-0.3, -0.25) is 4.79 Å². The number of halogens is 1. The zero-order valence-electron chi connectivity index (χ0n) is 14.2. The van der Waals surface area contributed by atoms with Gasteiger partial charge in [-0.05, 0) is 50.2 Å². The summed E-state index contributed by atoms with van der Waals surface area (Å²) in [5.41, 5.74) is 0.368. The summed E-state index contributed by atoms with van der Waals surface area (Å²) in [5.74, 6) is 0.571. The van der Waals surface area contributed by atoms with Crippen LogP contribution in [0.1, 0.15) is 29.4 Å². The van der Waals surface area contributed by atoms with Crippen molar-refractivity contribution >= 4 is 17.5 Å². The molecule has 0 spiro atoms. The van der Waals surface area contributed by atoms with Crippen molar-refractivity contribution < 1.29 is 9.53 Å². The molecule has 1 fully saturated rings. The van der Waals surface area contributed by atoms with E-state index in [9.17, 15) is 4.79 Å². The Balaban J connectivity index is 1.50. The number of rotatable bonds is 6. The van der Waals surface area contributed by atoms with Crippen LogP contribution >= 0.6 is 11.6 Å². The predicted molar refractivity (Wildman–Crippen MR) is 95.1 cm³/mol. The molecule has 1 N–H and O–H groups in total. The van der Waals surface area contributed by atoms with Crippen molar-refractivity contribution in [1.82, 2.24) is 25.2 Å². The minimum atomic E-state index is -0.153. The molecular weight excluding hydrogens is 342 g/mol. The molecule has 7 nitrogen and oxygen atoms in total. The molecule has 3 rings (SSSR count). The fraction of sp³-hybridized carbons (Fsp3) is 0.471. The molecule has 25 heavy (non-hydrogen) atoms. The lowest BCUT2D eigenvalue weighted by Crippen LogP contribution is -2.31. The fourth-order valence-corrected chi connectivity index (χ4v) is 2.88. The van der Waals surface area contributed by atoms with Crippen molar-refractivity contribution in [3.05, 3.63) is 41.2 Å². The lowest BCUT2D eigenvalue weighted by molar-refractivity contribution is 0.0768. The van der Waals surface area contributed by atoms with Gasteiger partial charge in [0.05, 0.1) is 18.8 Å². The van der Waals surface area contributed by atoms with Crippen LogP contribution in [0.2, 0.25) is 5.02 Å². The van der Waals surface area contributed by atoms with Crippen LogP contribution in [-0.4, -0.2) is 59.1 Å². The van der Waals surface area contributed by atoms with E-state index in [2.05, 4.69) is 15.6 Å². The van der Waals surface area contributed by atoms with E-state index in [-0.39, 0.29) is 5.91 Å². The molecule has 1 saturated heterocycles. The van der Waals surface area contributed by atoms with Crippen LogP contribution in [0.15, 0.2) is 30.5 Å². The smallest absolute Gasteiger partial charge is 0.275 e. The van der Waals surface area contributed by atoms with E-state index in [0.29, 0.717) is 29.9 Å². The molecule has 0 atom stereocenters. The summed E-state index contributed by atoms with van der Waals surface area (Å²) >= 11 is 5.84. The molecule has 0 unspecified atom stereocenters. The highest BCUT2D eigenvalue weighted by Gasteiger charge is 2.20. The van der Waals surface area contributed by atoms with Gasteiger partial charge in [-0.2, -0.15) is 0 Å². The number of carbonyl (C=O) groups excluding carboxylic acids is 1. The van der Waals surface area contributed by atoms with Gasteiger partial charge in [0.25, 0.3) is 5.91 Å². The second-order valence-corrected chi connectivity index (χ2v) is 6.53. The number of aromatic nitrogens is 3. The molecular formula is C17H22ClN5O2. The molecule has 0 saturated carbocycles. The zero-order valence-corrected chi connectivity index (χ0v) is 14.9. The van der Waals surface area contributed by atoms with E-state index in [0.717, 1.165) is 31.7 Å². The number of likely N-dealkylation sites (N-methyl/N-ethyl adjacent to an activating group) is 1. The number of carbonyl (C=O) groups is 1. The number of hydrogen-bond acceptors (Lipinski definition) is 5. The summed E-state index contributed by atoms with van der Waals surface area (Å²) < 4.78 is 7.43. The number of piperidine rings is 1. The van der Waals surface area contributed by atoms with Gasteiger partial charge in [-0.25, -0.2) is 4.68 Å². The van der Waals surface area contributed by atoms with Crippen LogP contribution in [-0.2, 0) is 0 Å². The van der Waals surface area contributed by atoms with Gasteiger partial charge in [-0.15, -0.1) is 5.10 Å². The maximum atomic E-state index is 12.5. The van der Waals surface area contributed by atoms with E-state index >= 15 is 0 Å². The molecule has 0 radical (unpaired) electrons. The first-order chi connectivity index (χ1) is 12.1. The van der Waals surface area contributed by atoms with E-state index < -0.39 is 0 Å². The fourth-order valence-electron chi connectivity index (χ4n) is 2.75. The average Bonchev–Trinajstić information content (AvgIpc) is 3.13. The molecule has 1 aromatic heterocycles. The summed E-state index contributed by atoms with van der Waals surface area (Å²) in [6.07, 6.45) is 3.75. The Labute approximate surface area is 151 Å². The van der Waals surface area contributed by atoms with Crippen molar-refractivity contribution in [3.63, 3.8) is 0 Å². The monoisotopic (exact) mass is 363 g/mol. The van der Waals surface area contributed by atoms with Gasteiger partial charge in [0.1, 0.15) is 12.4 Å². The number of nitrogens with one attached hydrogen (secondary N) is 1. The number of benzene rings is 1. The van der Waals surface area contributed by atoms with Crippen LogP contribution < -0.4 is 10.1 Å². The van der Waals surface area contributed by atoms with Gasteiger partial charge in [0.2, 0.25) is 0 Å². The molecule has 134 valence electrons. The maximum Gasteiger partial charge on any atom is 0.275 e. The second-order valence-electron chi connectivity index (χ2n) is 6.09. The highest BCUT2D eigenvalue weighted by atomic mass is 35.5. The molecule has 2 heterocycles. The topological polar surface area (TPSA) is 72.3 Å². The Kier molecular flexibility index (Phi) is 5.88.